The molecule has 98 valence electrons. The Morgan fingerprint density at radius 2 is 2.33 bits per heavy atom. The number of nitrogens with two attached hydrogens (primary N) is 1. The minimum Gasteiger partial charge on any atom is -0.395 e. The Labute approximate surface area is 113 Å². The number of fused-ring (bicyclic) bond motifs is 1. The monoisotopic (exact) mass is 283 g/mol. The van der Waals surface area contributed by atoms with E-state index in [2.05, 4.69) is 17.2 Å². The molecule has 2 atom stereocenters. The number of hydrogen-bond donors (Lipinski definition) is 2. The molecule has 1 aromatic carbocycles. The van der Waals surface area contributed by atoms with Crippen LogP contribution in [0.5, 0.6) is 0 Å². The van der Waals surface area contributed by atoms with Crippen LogP contribution in [0.4, 0.5) is 11.4 Å². The van der Waals surface area contributed by atoms with Crippen molar-refractivity contribution in [2.75, 3.05) is 23.1 Å². The van der Waals surface area contributed by atoms with Gasteiger partial charge < -0.3 is 11.1 Å². The van der Waals surface area contributed by atoms with Gasteiger partial charge in [0, 0.05) is 28.9 Å². The first-order valence-corrected chi connectivity index (χ1v) is 8.37. The molecule has 0 radical (unpaired) electrons. The van der Waals surface area contributed by atoms with Crippen molar-refractivity contribution in [2.24, 2.45) is 0 Å². The van der Waals surface area contributed by atoms with E-state index in [1.165, 1.54) is 0 Å². The summed E-state index contributed by atoms with van der Waals surface area (Å²) in [5.74, 6) is 0.701. The third-order valence-electron chi connectivity index (χ3n) is 2.78. The number of benzene rings is 1. The largest absolute Gasteiger partial charge is 0.395 e. The minimum atomic E-state index is -0.747. The maximum absolute atomic E-state index is 11.1. The quantitative estimate of drug-likeness (QED) is 0.827. The van der Waals surface area contributed by atoms with Gasteiger partial charge in [-0.15, -0.1) is 11.3 Å². The first-order valence-electron chi connectivity index (χ1n) is 5.76. The van der Waals surface area contributed by atoms with Crippen LogP contribution in [0.2, 0.25) is 0 Å². The van der Waals surface area contributed by atoms with E-state index in [4.69, 9.17) is 5.73 Å². The molecule has 18 heavy (non-hydrogen) atoms. The highest BCUT2D eigenvalue weighted by molar-refractivity contribution is 7.84. The Kier molecular flexibility index (Phi) is 4.19. The zero-order valence-electron chi connectivity index (χ0n) is 10.5. The Morgan fingerprint density at radius 1 is 1.56 bits per heavy atom. The van der Waals surface area contributed by atoms with Crippen molar-refractivity contribution >= 4 is 43.7 Å². The zero-order chi connectivity index (χ0) is 13.1. The standard InChI is InChI=1S/C12H17N3OS2/c1-8(5-6-18(2)16)15-9-3-4-10-12(11(9)13)14-7-17-10/h3-4,7-8,15H,5-6,13H2,1-2H3. The number of hydrogen-bond acceptors (Lipinski definition) is 5. The van der Waals surface area contributed by atoms with Gasteiger partial charge in [0.25, 0.3) is 0 Å². The van der Waals surface area contributed by atoms with E-state index in [1.54, 1.807) is 23.1 Å². The van der Waals surface area contributed by atoms with Crippen LogP contribution in [-0.2, 0) is 10.8 Å². The topological polar surface area (TPSA) is 68.0 Å². The lowest BCUT2D eigenvalue weighted by Crippen LogP contribution is -2.18. The average Bonchev–Trinajstić information content (AvgIpc) is 2.79. The van der Waals surface area contributed by atoms with E-state index in [1.807, 2.05) is 12.1 Å². The predicted molar refractivity (Wildman–Crippen MR) is 80.7 cm³/mol. The molecular weight excluding hydrogens is 266 g/mol. The van der Waals surface area contributed by atoms with Gasteiger partial charge in [0.05, 0.1) is 21.6 Å². The van der Waals surface area contributed by atoms with Gasteiger partial charge in [-0.3, -0.25) is 4.21 Å². The summed E-state index contributed by atoms with van der Waals surface area (Å²) < 4.78 is 12.2. The SMILES string of the molecule is CC(CCS(C)=O)Nc1ccc2scnc2c1N. The van der Waals surface area contributed by atoms with Gasteiger partial charge in [-0.05, 0) is 25.5 Å². The lowest BCUT2D eigenvalue weighted by atomic mass is 10.2. The Bertz CT molecular complexity index is 567. The molecule has 2 rings (SSSR count). The molecule has 0 saturated carbocycles. The molecule has 0 bridgehead atoms. The number of thiazole rings is 1. The van der Waals surface area contributed by atoms with Gasteiger partial charge in [-0.25, -0.2) is 4.98 Å². The smallest absolute Gasteiger partial charge is 0.106 e. The van der Waals surface area contributed by atoms with Crippen molar-refractivity contribution in [2.45, 2.75) is 19.4 Å². The summed E-state index contributed by atoms with van der Waals surface area (Å²) in [6.07, 6.45) is 2.58. The van der Waals surface area contributed by atoms with E-state index in [-0.39, 0.29) is 6.04 Å². The molecule has 0 aliphatic rings. The van der Waals surface area contributed by atoms with Crippen LogP contribution < -0.4 is 11.1 Å². The third kappa shape index (κ3) is 3.00. The van der Waals surface area contributed by atoms with Crippen LogP contribution in [0.3, 0.4) is 0 Å². The van der Waals surface area contributed by atoms with E-state index in [0.29, 0.717) is 11.4 Å². The van der Waals surface area contributed by atoms with Crippen LogP contribution in [-0.4, -0.2) is 27.2 Å². The fourth-order valence-electron chi connectivity index (χ4n) is 1.76. The van der Waals surface area contributed by atoms with Crippen molar-refractivity contribution in [1.82, 2.24) is 4.98 Å². The molecule has 0 aliphatic carbocycles. The second kappa shape index (κ2) is 5.67. The van der Waals surface area contributed by atoms with E-state index in [0.717, 1.165) is 22.3 Å². The maximum Gasteiger partial charge on any atom is 0.106 e. The summed E-state index contributed by atoms with van der Waals surface area (Å²) in [4.78, 5) is 4.27. The van der Waals surface area contributed by atoms with E-state index < -0.39 is 10.8 Å². The molecule has 4 nitrogen and oxygen atoms in total. The summed E-state index contributed by atoms with van der Waals surface area (Å²) in [6, 6.07) is 4.25. The Morgan fingerprint density at radius 3 is 3.06 bits per heavy atom. The number of aromatic nitrogens is 1. The minimum absolute atomic E-state index is 0.243. The average molecular weight is 283 g/mol. The molecule has 2 aromatic rings. The Balaban J connectivity index is 2.11. The van der Waals surface area contributed by atoms with Gasteiger partial charge in [-0.1, -0.05) is 0 Å². The second-order valence-electron chi connectivity index (χ2n) is 4.34. The van der Waals surface area contributed by atoms with Crippen molar-refractivity contribution in [1.29, 1.82) is 0 Å². The lowest BCUT2D eigenvalue weighted by Gasteiger charge is -2.16. The molecular formula is C12H17N3OS2. The normalized spacial score (nSPS) is 14.6. The van der Waals surface area contributed by atoms with Gasteiger partial charge in [0.2, 0.25) is 0 Å². The van der Waals surface area contributed by atoms with Gasteiger partial charge in [0.1, 0.15) is 5.52 Å². The lowest BCUT2D eigenvalue weighted by molar-refractivity contribution is 0.678. The number of nitrogen functional groups attached to an aromatic ring is 1. The van der Waals surface area contributed by atoms with Crippen molar-refractivity contribution in [3.8, 4) is 0 Å². The van der Waals surface area contributed by atoms with Gasteiger partial charge in [-0.2, -0.15) is 0 Å². The highest BCUT2D eigenvalue weighted by Crippen LogP contribution is 2.30. The summed E-state index contributed by atoms with van der Waals surface area (Å²) >= 11 is 1.58. The van der Waals surface area contributed by atoms with Gasteiger partial charge in [0.15, 0.2) is 0 Å². The van der Waals surface area contributed by atoms with Crippen molar-refractivity contribution < 1.29 is 4.21 Å². The molecule has 0 fully saturated rings. The second-order valence-corrected chi connectivity index (χ2v) is 6.78. The number of anilines is 2. The molecule has 2 unspecified atom stereocenters. The molecule has 0 saturated heterocycles. The van der Waals surface area contributed by atoms with Crippen molar-refractivity contribution in [3.63, 3.8) is 0 Å². The highest BCUT2D eigenvalue weighted by Gasteiger charge is 2.09. The van der Waals surface area contributed by atoms with Crippen LogP contribution in [0.25, 0.3) is 10.2 Å². The summed E-state index contributed by atoms with van der Waals surface area (Å²) in [7, 11) is -0.747. The van der Waals surface area contributed by atoms with Crippen LogP contribution in [0.15, 0.2) is 17.6 Å². The number of rotatable bonds is 5. The molecule has 0 aliphatic heterocycles. The molecule has 1 aromatic heterocycles. The molecule has 0 spiro atoms. The summed E-state index contributed by atoms with van der Waals surface area (Å²) in [5, 5.41) is 3.35. The zero-order valence-corrected chi connectivity index (χ0v) is 12.1. The molecule has 1 heterocycles. The first kappa shape index (κ1) is 13.3. The number of nitrogens with one attached hydrogen (secondary N) is 1. The summed E-state index contributed by atoms with van der Waals surface area (Å²) in [6.45, 7) is 2.07. The Hall–Kier alpha value is -1.14. The van der Waals surface area contributed by atoms with Crippen LogP contribution >= 0.6 is 11.3 Å². The fraction of sp³-hybridized carbons (Fsp3) is 0.417. The highest BCUT2D eigenvalue weighted by atomic mass is 32.2. The fourth-order valence-corrected chi connectivity index (χ4v) is 3.14. The van der Waals surface area contributed by atoms with Crippen LogP contribution in [0.1, 0.15) is 13.3 Å². The number of nitrogens with zero attached hydrogens (tertiary/aromatic N) is 1. The van der Waals surface area contributed by atoms with Gasteiger partial charge >= 0.3 is 0 Å². The third-order valence-corrected chi connectivity index (χ3v) is 4.39. The van der Waals surface area contributed by atoms with Crippen molar-refractivity contribution in [3.05, 3.63) is 17.6 Å². The molecule has 3 N–H and O–H groups in total. The molecule has 0 amide bonds. The first-order chi connectivity index (χ1) is 8.58. The summed E-state index contributed by atoms with van der Waals surface area (Å²) in [5.41, 5.74) is 10.3. The predicted octanol–water partition coefficient (Wildman–Crippen LogP) is 2.45. The molecule has 6 heteroatoms. The maximum atomic E-state index is 11.1. The van der Waals surface area contributed by atoms with E-state index >= 15 is 0 Å². The van der Waals surface area contributed by atoms with E-state index in [9.17, 15) is 4.21 Å². The van der Waals surface area contributed by atoms with Crippen LogP contribution in [0, 0.1) is 0 Å².